The molecule has 1 unspecified atom stereocenters. The number of aliphatic hydroxyl groups excluding tert-OH is 1. The minimum absolute atomic E-state index is 0.189. The number of aromatic nitrogens is 2. The van der Waals surface area contributed by atoms with Crippen LogP contribution in [0.25, 0.3) is 0 Å². The lowest BCUT2D eigenvalue weighted by molar-refractivity contribution is 0.0376. The van der Waals surface area contributed by atoms with Gasteiger partial charge in [0.05, 0.1) is 31.3 Å². The average Bonchev–Trinajstić information content (AvgIpc) is 3.29. The number of sulfonamides is 1. The molecule has 0 radical (unpaired) electrons. The van der Waals surface area contributed by atoms with E-state index < -0.39 is 10.0 Å². The van der Waals surface area contributed by atoms with Crippen molar-refractivity contribution in [1.29, 1.82) is 0 Å². The highest BCUT2D eigenvalue weighted by Crippen LogP contribution is 2.40. The Balaban J connectivity index is 1.33. The van der Waals surface area contributed by atoms with Gasteiger partial charge >= 0.3 is 0 Å². The third kappa shape index (κ3) is 6.95. The van der Waals surface area contributed by atoms with E-state index in [2.05, 4.69) is 33.9 Å². The molecule has 12 heteroatoms. The summed E-state index contributed by atoms with van der Waals surface area (Å²) < 4.78 is 34.4. The number of hydrogen-bond acceptors (Lipinski definition) is 9. The smallest absolute Gasteiger partial charge is 0.269 e. The summed E-state index contributed by atoms with van der Waals surface area (Å²) in [5.41, 5.74) is 2.44. The predicted molar refractivity (Wildman–Crippen MR) is 161 cm³/mol. The minimum Gasteiger partial charge on any atom is -0.393 e. The number of aliphatic hydroxyl groups is 1. The highest BCUT2D eigenvalue weighted by Gasteiger charge is 2.47. The molecule has 2 aliphatic heterocycles. The van der Waals surface area contributed by atoms with Crippen molar-refractivity contribution in [2.75, 3.05) is 58.3 Å². The Labute approximate surface area is 243 Å². The fraction of sp³-hybridized carbons (Fsp3) is 0.621. The maximum atomic E-state index is 13.0. The average molecular weight is 587 g/mol. The highest BCUT2D eigenvalue weighted by atomic mass is 32.2. The van der Waals surface area contributed by atoms with E-state index in [0.29, 0.717) is 17.1 Å². The maximum Gasteiger partial charge on any atom is 0.269 e. The Kier molecular flexibility index (Phi) is 9.67. The summed E-state index contributed by atoms with van der Waals surface area (Å²) >= 11 is 0. The first kappa shape index (κ1) is 30.0. The number of unbranched alkanes of at least 4 members (excludes halogenated alkanes) is 1. The molecule has 224 valence electrons. The van der Waals surface area contributed by atoms with E-state index in [4.69, 9.17) is 14.8 Å². The second-order valence-corrected chi connectivity index (χ2v) is 13.1. The first-order chi connectivity index (χ1) is 19.8. The van der Waals surface area contributed by atoms with E-state index in [9.17, 15) is 13.5 Å². The number of morpholine rings is 1. The Morgan fingerprint density at radius 1 is 1.07 bits per heavy atom. The van der Waals surface area contributed by atoms with Gasteiger partial charge in [0.25, 0.3) is 5.82 Å². The van der Waals surface area contributed by atoms with Crippen molar-refractivity contribution < 1.29 is 18.3 Å². The predicted octanol–water partition coefficient (Wildman–Crippen LogP) is 2.70. The molecule has 41 heavy (non-hydrogen) atoms. The number of rotatable bonds is 12. The molecule has 3 N–H and O–H groups in total. The Morgan fingerprint density at radius 3 is 2.51 bits per heavy atom. The molecule has 1 saturated carbocycles. The van der Waals surface area contributed by atoms with Gasteiger partial charge in [0.2, 0.25) is 16.0 Å². The number of ether oxygens (including phenoxy) is 1. The molecule has 0 spiro atoms. The molecule has 3 heterocycles. The molecule has 1 aromatic carbocycles. The van der Waals surface area contributed by atoms with Crippen LogP contribution in [0.15, 0.2) is 40.5 Å². The third-order valence-corrected chi connectivity index (χ3v) is 9.91. The summed E-state index contributed by atoms with van der Waals surface area (Å²) in [6.07, 6.45) is 7.63. The first-order valence-electron chi connectivity index (χ1n) is 15.0. The molecule has 2 fully saturated rings. The van der Waals surface area contributed by atoms with Gasteiger partial charge < -0.3 is 15.2 Å². The SMILES string of the molecule is CCCCNc1ncc2c(n1)[N+](C)(C1CCC(O)CC1)N=C2c1ccc(S(=O)(=O)NCCCN2CCOCC2)cc1. The lowest BCUT2D eigenvalue weighted by atomic mass is 9.91. The second-order valence-electron chi connectivity index (χ2n) is 11.4. The molecule has 1 saturated heterocycles. The quantitative estimate of drug-likeness (QED) is 0.256. The lowest BCUT2D eigenvalue weighted by Gasteiger charge is -2.35. The van der Waals surface area contributed by atoms with Gasteiger partial charge in [-0.25, -0.2) is 18.1 Å². The van der Waals surface area contributed by atoms with E-state index >= 15 is 0 Å². The summed E-state index contributed by atoms with van der Waals surface area (Å²) in [7, 11) is -1.54. The summed E-state index contributed by atoms with van der Waals surface area (Å²) in [6, 6.07) is 7.11. The van der Waals surface area contributed by atoms with Crippen LogP contribution in [-0.4, -0.2) is 99.2 Å². The molecule has 1 atom stereocenters. The Morgan fingerprint density at radius 2 is 1.80 bits per heavy atom. The van der Waals surface area contributed by atoms with E-state index in [1.807, 2.05) is 18.3 Å². The van der Waals surface area contributed by atoms with Crippen LogP contribution in [0.5, 0.6) is 0 Å². The van der Waals surface area contributed by atoms with Gasteiger partial charge in [0.1, 0.15) is 17.3 Å². The van der Waals surface area contributed by atoms with Crippen LogP contribution in [-0.2, 0) is 14.8 Å². The van der Waals surface area contributed by atoms with Gasteiger partial charge in [-0.1, -0.05) is 30.6 Å². The molecule has 3 aliphatic rings. The zero-order valence-corrected chi connectivity index (χ0v) is 25.1. The van der Waals surface area contributed by atoms with Crippen LogP contribution in [0.2, 0.25) is 0 Å². The molecule has 0 bridgehead atoms. The van der Waals surface area contributed by atoms with Crippen LogP contribution < -0.4 is 14.6 Å². The molecular formula is C29H44N7O4S+. The number of nitrogens with one attached hydrogen (secondary N) is 2. The monoisotopic (exact) mass is 586 g/mol. The van der Waals surface area contributed by atoms with Gasteiger partial charge in [-0.15, -0.1) is 4.59 Å². The van der Waals surface area contributed by atoms with E-state index in [-0.39, 0.29) is 17.0 Å². The van der Waals surface area contributed by atoms with Crippen molar-refractivity contribution in [3.8, 4) is 0 Å². The number of anilines is 1. The fourth-order valence-electron chi connectivity index (χ4n) is 5.89. The van der Waals surface area contributed by atoms with E-state index in [0.717, 1.165) is 107 Å². The zero-order chi connectivity index (χ0) is 28.9. The van der Waals surface area contributed by atoms with Crippen LogP contribution in [0, 0.1) is 0 Å². The molecule has 11 nitrogen and oxygen atoms in total. The fourth-order valence-corrected chi connectivity index (χ4v) is 6.97. The van der Waals surface area contributed by atoms with Crippen molar-refractivity contribution >= 4 is 27.5 Å². The van der Waals surface area contributed by atoms with Crippen LogP contribution in [0.1, 0.15) is 63.0 Å². The summed E-state index contributed by atoms with van der Waals surface area (Å²) in [5.74, 6) is 1.43. The van der Waals surface area contributed by atoms with Gasteiger partial charge in [-0.2, -0.15) is 4.98 Å². The van der Waals surface area contributed by atoms with Crippen molar-refractivity contribution in [2.24, 2.45) is 5.10 Å². The Bertz CT molecular complexity index is 1310. The number of nitrogens with zero attached hydrogens (tertiary/aromatic N) is 5. The lowest BCUT2D eigenvalue weighted by Crippen LogP contribution is -2.50. The summed E-state index contributed by atoms with van der Waals surface area (Å²) in [6.45, 7) is 7.44. The molecule has 0 amide bonds. The van der Waals surface area contributed by atoms with E-state index in [1.54, 1.807) is 12.1 Å². The highest BCUT2D eigenvalue weighted by molar-refractivity contribution is 7.89. The molecular weight excluding hydrogens is 542 g/mol. The number of quaternary nitrogens is 1. The number of hydrogen-bond donors (Lipinski definition) is 3. The van der Waals surface area contributed by atoms with Gasteiger partial charge in [-0.3, -0.25) is 4.90 Å². The number of benzene rings is 1. The standard InChI is InChI=1S/C29H44N7O4S/c1-3-4-14-30-29-31-21-26-27(34-36(2,28(26)33-29)23-8-10-24(37)11-9-23)22-6-12-25(13-7-22)41(38,39)32-15-5-16-35-17-19-40-20-18-35/h6-7,12-13,21,23-24,32,37H,3-5,8-11,14-20H2,1-2H3,(H,30,31,33)/q+1. The second kappa shape index (κ2) is 13.2. The summed E-state index contributed by atoms with van der Waals surface area (Å²) in [5, 5.41) is 18.7. The molecule has 5 rings (SSSR count). The van der Waals surface area contributed by atoms with Crippen molar-refractivity contribution in [2.45, 2.75) is 68.9 Å². The van der Waals surface area contributed by atoms with Crippen LogP contribution in [0.3, 0.4) is 0 Å². The van der Waals surface area contributed by atoms with E-state index in [1.165, 1.54) is 0 Å². The van der Waals surface area contributed by atoms with Crippen molar-refractivity contribution in [3.63, 3.8) is 0 Å². The van der Waals surface area contributed by atoms with Gasteiger partial charge in [0.15, 0.2) is 0 Å². The van der Waals surface area contributed by atoms with Gasteiger partial charge in [-0.05, 0) is 44.4 Å². The largest absolute Gasteiger partial charge is 0.393 e. The van der Waals surface area contributed by atoms with Crippen molar-refractivity contribution in [1.82, 2.24) is 24.2 Å². The molecule has 2 aromatic rings. The van der Waals surface area contributed by atoms with Crippen LogP contribution in [0.4, 0.5) is 11.8 Å². The van der Waals surface area contributed by atoms with Gasteiger partial charge in [0, 0.05) is 50.8 Å². The van der Waals surface area contributed by atoms with Crippen LogP contribution >= 0.6 is 0 Å². The molecule has 1 aromatic heterocycles. The summed E-state index contributed by atoms with van der Waals surface area (Å²) in [4.78, 5) is 12.0. The van der Waals surface area contributed by atoms with Crippen molar-refractivity contribution in [3.05, 3.63) is 41.6 Å². The topological polar surface area (TPSA) is 129 Å². The first-order valence-corrected chi connectivity index (χ1v) is 16.4. The third-order valence-electron chi connectivity index (χ3n) is 8.44. The Hall–Kier alpha value is -2.48. The normalized spacial score (nSPS) is 25.1. The minimum atomic E-state index is -3.62. The maximum absolute atomic E-state index is 13.0. The zero-order valence-electron chi connectivity index (χ0n) is 24.3. The molecule has 1 aliphatic carbocycles. The number of fused-ring (bicyclic) bond motifs is 1.